The van der Waals surface area contributed by atoms with Crippen molar-refractivity contribution in [3.63, 3.8) is 0 Å². The molecule has 1 amide bonds. The maximum Gasteiger partial charge on any atom is 0.225 e. The normalized spacial score (nSPS) is 15.2. The van der Waals surface area contributed by atoms with Gasteiger partial charge in [0.2, 0.25) is 5.91 Å². The topological polar surface area (TPSA) is 46.3 Å². The first-order chi connectivity index (χ1) is 8.70. The number of carbonyl (C=O) groups excluding carboxylic acids is 1. The summed E-state index contributed by atoms with van der Waals surface area (Å²) < 4.78 is 0. The number of nitrogens with two attached hydrogens (primary N) is 1. The van der Waals surface area contributed by atoms with Gasteiger partial charge in [-0.15, -0.1) is 0 Å². The Morgan fingerprint density at radius 1 is 1.33 bits per heavy atom. The molecule has 1 saturated carbocycles. The summed E-state index contributed by atoms with van der Waals surface area (Å²) in [6.07, 6.45) is 4.35. The minimum Gasteiger partial charge on any atom is -0.399 e. The Labute approximate surface area is 109 Å². The van der Waals surface area contributed by atoms with Gasteiger partial charge in [0, 0.05) is 24.7 Å². The quantitative estimate of drug-likeness (QED) is 0.812. The summed E-state index contributed by atoms with van der Waals surface area (Å²) in [7, 11) is 0. The molecule has 1 fully saturated rings. The highest BCUT2D eigenvalue weighted by Gasteiger charge is 2.28. The lowest BCUT2D eigenvalue weighted by Gasteiger charge is -2.31. The van der Waals surface area contributed by atoms with Gasteiger partial charge in [-0.3, -0.25) is 4.79 Å². The molecule has 3 nitrogen and oxygen atoms in total. The first-order valence-electron chi connectivity index (χ1n) is 6.84. The van der Waals surface area contributed by atoms with Crippen molar-refractivity contribution < 1.29 is 4.79 Å². The molecule has 0 spiro atoms. The van der Waals surface area contributed by atoms with Crippen LogP contribution in [0, 0.1) is 5.92 Å². The zero-order valence-corrected chi connectivity index (χ0v) is 11.1. The van der Waals surface area contributed by atoms with E-state index in [4.69, 9.17) is 5.73 Å². The molecule has 1 aliphatic carbocycles. The number of nitrogen functional groups attached to an aromatic ring is 1. The van der Waals surface area contributed by atoms with E-state index in [0.29, 0.717) is 12.5 Å². The highest BCUT2D eigenvalue weighted by molar-refractivity contribution is 5.79. The number of carbonyl (C=O) groups is 1. The van der Waals surface area contributed by atoms with E-state index >= 15 is 0 Å². The van der Waals surface area contributed by atoms with E-state index in [0.717, 1.165) is 37.1 Å². The maximum absolute atomic E-state index is 12.3. The van der Waals surface area contributed by atoms with Gasteiger partial charge >= 0.3 is 0 Å². The number of hydrogen-bond donors (Lipinski definition) is 1. The van der Waals surface area contributed by atoms with Crippen LogP contribution in [-0.2, 0) is 11.3 Å². The van der Waals surface area contributed by atoms with Crippen LogP contribution in [0.5, 0.6) is 0 Å². The number of hydrogen-bond acceptors (Lipinski definition) is 2. The molecule has 0 heterocycles. The van der Waals surface area contributed by atoms with Crippen molar-refractivity contribution >= 4 is 11.6 Å². The lowest BCUT2D eigenvalue weighted by Crippen LogP contribution is -2.38. The molecule has 2 rings (SSSR count). The fourth-order valence-corrected chi connectivity index (χ4v) is 2.29. The Hall–Kier alpha value is -1.51. The largest absolute Gasteiger partial charge is 0.399 e. The number of rotatable bonds is 5. The van der Waals surface area contributed by atoms with Crippen molar-refractivity contribution in [2.45, 2.75) is 39.2 Å². The van der Waals surface area contributed by atoms with Crippen LogP contribution in [0.1, 0.15) is 38.2 Å². The minimum atomic E-state index is 0.283. The summed E-state index contributed by atoms with van der Waals surface area (Å²) in [5.41, 5.74) is 7.60. The third-order valence-electron chi connectivity index (χ3n) is 3.61. The predicted molar refractivity (Wildman–Crippen MR) is 73.9 cm³/mol. The van der Waals surface area contributed by atoms with Gasteiger partial charge < -0.3 is 10.6 Å². The summed E-state index contributed by atoms with van der Waals surface area (Å²) in [5.74, 6) is 0.616. The number of anilines is 1. The molecule has 1 aromatic carbocycles. The average molecular weight is 246 g/mol. The van der Waals surface area contributed by atoms with Gasteiger partial charge in [0.1, 0.15) is 0 Å². The van der Waals surface area contributed by atoms with Gasteiger partial charge in [-0.2, -0.15) is 0 Å². The van der Waals surface area contributed by atoms with E-state index in [-0.39, 0.29) is 5.92 Å². The standard InChI is InChI=1S/C15H22N2O/c1-2-10-17(15(18)13-4-3-5-13)11-12-6-8-14(16)9-7-12/h6-9,13H,2-5,10-11,16H2,1H3. The predicted octanol–water partition coefficient (Wildman–Crippen LogP) is 2.81. The van der Waals surface area contributed by atoms with Gasteiger partial charge in [0.15, 0.2) is 0 Å². The van der Waals surface area contributed by atoms with Crippen LogP contribution < -0.4 is 5.73 Å². The van der Waals surface area contributed by atoms with Gasteiger partial charge in [-0.25, -0.2) is 0 Å². The van der Waals surface area contributed by atoms with Crippen molar-refractivity contribution in [1.29, 1.82) is 0 Å². The van der Waals surface area contributed by atoms with Crippen LogP contribution in [0.4, 0.5) is 5.69 Å². The highest BCUT2D eigenvalue weighted by Crippen LogP contribution is 2.28. The molecule has 0 bridgehead atoms. The second-order valence-electron chi connectivity index (χ2n) is 5.13. The van der Waals surface area contributed by atoms with Crippen LogP contribution in [0.2, 0.25) is 0 Å². The number of amides is 1. The Kier molecular flexibility index (Phi) is 4.24. The highest BCUT2D eigenvalue weighted by atomic mass is 16.2. The molecule has 1 aliphatic rings. The van der Waals surface area contributed by atoms with Crippen LogP contribution in [0.25, 0.3) is 0 Å². The lowest BCUT2D eigenvalue weighted by molar-refractivity contribution is -0.138. The summed E-state index contributed by atoms with van der Waals surface area (Å²) in [5, 5.41) is 0. The summed E-state index contributed by atoms with van der Waals surface area (Å²) in [6.45, 7) is 3.67. The Bertz CT molecular complexity index is 395. The van der Waals surface area contributed by atoms with Gasteiger partial charge in [-0.1, -0.05) is 25.5 Å². The van der Waals surface area contributed by atoms with Crippen LogP contribution in [-0.4, -0.2) is 17.4 Å². The van der Waals surface area contributed by atoms with E-state index in [2.05, 4.69) is 6.92 Å². The molecule has 0 unspecified atom stereocenters. The second-order valence-corrected chi connectivity index (χ2v) is 5.13. The SMILES string of the molecule is CCCN(Cc1ccc(N)cc1)C(=O)C1CCC1. The molecule has 0 saturated heterocycles. The summed E-state index contributed by atoms with van der Waals surface area (Å²) >= 11 is 0. The minimum absolute atomic E-state index is 0.283. The van der Waals surface area contributed by atoms with Crippen molar-refractivity contribution in [1.82, 2.24) is 4.90 Å². The van der Waals surface area contributed by atoms with Crippen LogP contribution >= 0.6 is 0 Å². The van der Waals surface area contributed by atoms with Gasteiger partial charge in [0.25, 0.3) is 0 Å². The lowest BCUT2D eigenvalue weighted by atomic mass is 9.84. The molecule has 1 aromatic rings. The van der Waals surface area contributed by atoms with Gasteiger partial charge in [0.05, 0.1) is 0 Å². The van der Waals surface area contributed by atoms with Crippen molar-refractivity contribution in [3.05, 3.63) is 29.8 Å². The molecule has 2 N–H and O–H groups in total. The van der Waals surface area contributed by atoms with E-state index in [1.54, 1.807) is 0 Å². The first kappa shape index (κ1) is 12.9. The molecule has 3 heteroatoms. The Morgan fingerprint density at radius 3 is 2.50 bits per heavy atom. The molecule has 18 heavy (non-hydrogen) atoms. The monoisotopic (exact) mass is 246 g/mol. The zero-order valence-electron chi connectivity index (χ0n) is 11.1. The van der Waals surface area contributed by atoms with E-state index in [9.17, 15) is 4.79 Å². The van der Waals surface area contributed by atoms with Crippen molar-refractivity contribution in [2.75, 3.05) is 12.3 Å². The van der Waals surface area contributed by atoms with Crippen LogP contribution in [0.15, 0.2) is 24.3 Å². The first-order valence-corrected chi connectivity index (χ1v) is 6.84. The molecule has 0 aliphatic heterocycles. The third kappa shape index (κ3) is 3.03. The molecule has 0 atom stereocenters. The molecule has 0 radical (unpaired) electrons. The molecular weight excluding hydrogens is 224 g/mol. The zero-order chi connectivity index (χ0) is 13.0. The van der Waals surface area contributed by atoms with Crippen LogP contribution in [0.3, 0.4) is 0 Å². The fourth-order valence-electron chi connectivity index (χ4n) is 2.29. The fraction of sp³-hybridized carbons (Fsp3) is 0.533. The summed E-state index contributed by atoms with van der Waals surface area (Å²) in [4.78, 5) is 14.3. The molecular formula is C15H22N2O. The Morgan fingerprint density at radius 2 is 2.00 bits per heavy atom. The average Bonchev–Trinajstić information content (AvgIpc) is 2.29. The maximum atomic E-state index is 12.3. The third-order valence-corrected chi connectivity index (χ3v) is 3.61. The summed E-state index contributed by atoms with van der Waals surface area (Å²) in [6, 6.07) is 7.80. The van der Waals surface area contributed by atoms with Crippen molar-refractivity contribution in [3.8, 4) is 0 Å². The van der Waals surface area contributed by atoms with Gasteiger partial charge in [-0.05, 0) is 37.0 Å². The number of nitrogens with zero attached hydrogens (tertiary/aromatic N) is 1. The number of benzene rings is 1. The molecule has 0 aromatic heterocycles. The second kappa shape index (κ2) is 5.89. The Balaban J connectivity index is 2.00. The van der Waals surface area contributed by atoms with E-state index in [1.165, 1.54) is 6.42 Å². The molecule has 98 valence electrons. The smallest absolute Gasteiger partial charge is 0.225 e. The van der Waals surface area contributed by atoms with E-state index < -0.39 is 0 Å². The van der Waals surface area contributed by atoms with Crippen molar-refractivity contribution in [2.24, 2.45) is 5.92 Å². The van der Waals surface area contributed by atoms with E-state index in [1.807, 2.05) is 29.2 Å².